The molecular weight excluding hydrogens is 188 g/mol. The van der Waals surface area contributed by atoms with Crippen LogP contribution < -0.4 is 0 Å². The smallest absolute Gasteiger partial charge is 0.357 e. The number of methoxy groups -OCH3 is 1. The fraction of sp³-hybridized carbons (Fsp3) is 0.375. The molecule has 1 heterocycles. The van der Waals surface area contributed by atoms with Crippen molar-refractivity contribution in [2.45, 2.75) is 13.5 Å². The molecule has 0 saturated carbocycles. The van der Waals surface area contributed by atoms with Crippen LogP contribution in [0.2, 0.25) is 0 Å². The Morgan fingerprint density at radius 3 is 2.71 bits per heavy atom. The van der Waals surface area contributed by atoms with Crippen molar-refractivity contribution in [1.29, 1.82) is 0 Å². The highest BCUT2D eigenvalue weighted by Gasteiger charge is 2.21. The third-order valence-electron chi connectivity index (χ3n) is 1.69. The minimum Gasteiger partial charge on any atom is -0.476 e. The van der Waals surface area contributed by atoms with Gasteiger partial charge in [-0.25, -0.2) is 9.59 Å². The molecule has 0 bridgehead atoms. The van der Waals surface area contributed by atoms with Crippen LogP contribution in [0.1, 0.15) is 27.8 Å². The van der Waals surface area contributed by atoms with Crippen LogP contribution in [0.25, 0.3) is 0 Å². The summed E-state index contributed by atoms with van der Waals surface area (Å²) in [6.45, 7) is 2.29. The van der Waals surface area contributed by atoms with Crippen molar-refractivity contribution in [3.05, 3.63) is 17.5 Å². The van der Waals surface area contributed by atoms with Crippen molar-refractivity contribution in [3.63, 3.8) is 0 Å². The number of carbonyl (C=O) groups excluding carboxylic acids is 1. The Kier molecular flexibility index (Phi) is 2.85. The quantitative estimate of drug-likeness (QED) is 0.710. The molecule has 0 atom stereocenters. The van der Waals surface area contributed by atoms with E-state index in [1.807, 2.05) is 0 Å². The Balaban J connectivity index is 3.18. The Morgan fingerprint density at radius 1 is 1.64 bits per heavy atom. The molecule has 6 heteroatoms. The molecular formula is C8H10N2O4. The summed E-state index contributed by atoms with van der Waals surface area (Å²) in [6.07, 6.45) is 1.36. The number of hydrogen-bond acceptors (Lipinski definition) is 4. The predicted molar refractivity (Wildman–Crippen MR) is 46.2 cm³/mol. The Labute approximate surface area is 80.1 Å². The van der Waals surface area contributed by atoms with E-state index in [-0.39, 0.29) is 11.3 Å². The summed E-state index contributed by atoms with van der Waals surface area (Å²) in [4.78, 5) is 21.8. The van der Waals surface area contributed by atoms with Crippen molar-refractivity contribution in [1.82, 2.24) is 9.78 Å². The largest absolute Gasteiger partial charge is 0.476 e. The summed E-state index contributed by atoms with van der Waals surface area (Å²) >= 11 is 0. The maximum Gasteiger partial charge on any atom is 0.357 e. The van der Waals surface area contributed by atoms with Crippen LogP contribution in [0.5, 0.6) is 0 Å². The molecule has 0 unspecified atom stereocenters. The van der Waals surface area contributed by atoms with E-state index in [0.29, 0.717) is 6.54 Å². The third-order valence-corrected chi connectivity index (χ3v) is 1.69. The molecule has 0 aromatic carbocycles. The number of hydrogen-bond donors (Lipinski definition) is 1. The normalized spacial score (nSPS) is 9.86. The number of nitrogens with zero attached hydrogens (tertiary/aromatic N) is 2. The monoisotopic (exact) mass is 198 g/mol. The van der Waals surface area contributed by atoms with E-state index in [4.69, 9.17) is 5.11 Å². The summed E-state index contributed by atoms with van der Waals surface area (Å²) in [5.74, 6) is -1.93. The zero-order chi connectivity index (χ0) is 10.7. The SMILES string of the molecule is CCn1cc(C(=O)OC)c(C(=O)O)n1. The molecule has 1 rings (SSSR count). The van der Waals surface area contributed by atoms with Gasteiger partial charge in [-0.15, -0.1) is 0 Å². The van der Waals surface area contributed by atoms with Gasteiger partial charge in [0.05, 0.1) is 7.11 Å². The fourth-order valence-electron chi connectivity index (χ4n) is 1.00. The third kappa shape index (κ3) is 1.73. The van der Waals surface area contributed by atoms with Crippen LogP contribution in [0.15, 0.2) is 6.20 Å². The van der Waals surface area contributed by atoms with Gasteiger partial charge in [0.15, 0.2) is 5.69 Å². The first-order chi connectivity index (χ1) is 6.60. The highest BCUT2D eigenvalue weighted by atomic mass is 16.5. The lowest BCUT2D eigenvalue weighted by molar-refractivity contribution is 0.0582. The van der Waals surface area contributed by atoms with Gasteiger partial charge in [0, 0.05) is 12.7 Å². The molecule has 1 aromatic rings. The molecule has 1 N–H and O–H groups in total. The van der Waals surface area contributed by atoms with E-state index in [1.54, 1.807) is 6.92 Å². The van der Waals surface area contributed by atoms with Crippen molar-refractivity contribution >= 4 is 11.9 Å². The standard InChI is InChI=1S/C8H10N2O4/c1-3-10-4-5(8(13)14-2)6(9-10)7(11)12/h4H,3H2,1-2H3,(H,11,12). The molecule has 76 valence electrons. The number of rotatable bonds is 3. The average Bonchev–Trinajstić information content (AvgIpc) is 2.60. The van der Waals surface area contributed by atoms with Gasteiger partial charge in [-0.1, -0.05) is 0 Å². The molecule has 0 saturated heterocycles. The van der Waals surface area contributed by atoms with Crippen molar-refractivity contribution < 1.29 is 19.4 Å². The van der Waals surface area contributed by atoms with Gasteiger partial charge in [0.1, 0.15) is 5.56 Å². The van der Waals surface area contributed by atoms with Gasteiger partial charge in [0.2, 0.25) is 0 Å². The molecule has 0 spiro atoms. The van der Waals surface area contributed by atoms with Crippen molar-refractivity contribution in [2.75, 3.05) is 7.11 Å². The maximum absolute atomic E-state index is 11.1. The minimum atomic E-state index is -1.24. The van der Waals surface area contributed by atoms with Crippen molar-refractivity contribution in [3.8, 4) is 0 Å². The van der Waals surface area contributed by atoms with E-state index >= 15 is 0 Å². The zero-order valence-corrected chi connectivity index (χ0v) is 7.85. The number of aromatic carboxylic acids is 1. The van der Waals surface area contributed by atoms with Crippen LogP contribution in [0.3, 0.4) is 0 Å². The molecule has 0 radical (unpaired) electrons. The highest BCUT2D eigenvalue weighted by Crippen LogP contribution is 2.08. The highest BCUT2D eigenvalue weighted by molar-refractivity contribution is 6.00. The van der Waals surface area contributed by atoms with E-state index in [9.17, 15) is 9.59 Å². The van der Waals surface area contributed by atoms with Crippen LogP contribution in [0.4, 0.5) is 0 Å². The topological polar surface area (TPSA) is 81.4 Å². The molecule has 0 aliphatic carbocycles. The van der Waals surface area contributed by atoms with Gasteiger partial charge in [-0.05, 0) is 6.92 Å². The van der Waals surface area contributed by atoms with Gasteiger partial charge >= 0.3 is 11.9 Å². The maximum atomic E-state index is 11.1. The second kappa shape index (κ2) is 3.91. The van der Waals surface area contributed by atoms with E-state index < -0.39 is 11.9 Å². The van der Waals surface area contributed by atoms with E-state index in [0.717, 1.165) is 0 Å². The lowest BCUT2D eigenvalue weighted by Gasteiger charge is -1.94. The van der Waals surface area contributed by atoms with Crippen LogP contribution >= 0.6 is 0 Å². The minimum absolute atomic E-state index is 0.0261. The Morgan fingerprint density at radius 2 is 2.29 bits per heavy atom. The first kappa shape index (κ1) is 10.2. The van der Waals surface area contributed by atoms with Crippen LogP contribution in [-0.4, -0.2) is 33.9 Å². The fourth-order valence-corrected chi connectivity index (χ4v) is 1.00. The number of carboxylic acid groups (broad SMARTS) is 1. The van der Waals surface area contributed by atoms with Gasteiger partial charge < -0.3 is 9.84 Å². The summed E-state index contributed by atoms with van der Waals surface area (Å²) in [7, 11) is 1.19. The average molecular weight is 198 g/mol. The van der Waals surface area contributed by atoms with Crippen LogP contribution in [0, 0.1) is 0 Å². The summed E-state index contributed by atoms with van der Waals surface area (Å²) in [5, 5.41) is 12.4. The molecule has 0 fully saturated rings. The van der Waals surface area contributed by atoms with Gasteiger partial charge in [-0.2, -0.15) is 5.10 Å². The number of ether oxygens (including phenoxy) is 1. The second-order valence-corrected chi connectivity index (χ2v) is 2.54. The zero-order valence-electron chi connectivity index (χ0n) is 7.85. The first-order valence-corrected chi connectivity index (χ1v) is 3.99. The van der Waals surface area contributed by atoms with Gasteiger partial charge in [0.25, 0.3) is 0 Å². The molecule has 14 heavy (non-hydrogen) atoms. The number of aryl methyl sites for hydroxylation is 1. The molecule has 0 aliphatic rings. The number of esters is 1. The predicted octanol–water partition coefficient (Wildman–Crippen LogP) is 0.388. The van der Waals surface area contributed by atoms with E-state index in [2.05, 4.69) is 9.84 Å². The summed E-state index contributed by atoms with van der Waals surface area (Å²) in [5.41, 5.74) is -0.305. The molecule has 1 aromatic heterocycles. The lowest BCUT2D eigenvalue weighted by atomic mass is 10.2. The Bertz CT molecular complexity index is 369. The first-order valence-electron chi connectivity index (χ1n) is 3.99. The number of aromatic nitrogens is 2. The van der Waals surface area contributed by atoms with Gasteiger partial charge in [-0.3, -0.25) is 4.68 Å². The molecule has 0 amide bonds. The molecule has 0 aliphatic heterocycles. The molecule has 6 nitrogen and oxygen atoms in total. The number of carbonyl (C=O) groups is 2. The number of carboxylic acids is 1. The Hall–Kier alpha value is -1.85. The second-order valence-electron chi connectivity index (χ2n) is 2.54. The summed E-state index contributed by atoms with van der Waals surface area (Å²) in [6, 6.07) is 0. The lowest BCUT2D eigenvalue weighted by Crippen LogP contribution is -2.08. The summed E-state index contributed by atoms with van der Waals surface area (Å²) < 4.78 is 5.80. The van der Waals surface area contributed by atoms with E-state index in [1.165, 1.54) is 18.0 Å². The van der Waals surface area contributed by atoms with Crippen molar-refractivity contribution in [2.24, 2.45) is 0 Å². The van der Waals surface area contributed by atoms with Crippen LogP contribution in [-0.2, 0) is 11.3 Å².